The lowest BCUT2D eigenvalue weighted by Gasteiger charge is -2.39. The third-order valence-corrected chi connectivity index (χ3v) is 8.79. The summed E-state index contributed by atoms with van der Waals surface area (Å²) in [5, 5.41) is 0. The quantitative estimate of drug-likeness (QED) is 0.730. The second-order valence-corrected chi connectivity index (χ2v) is 10.8. The second kappa shape index (κ2) is 6.64. The number of nitrogens with zero attached hydrogens (tertiary/aromatic N) is 4. The first kappa shape index (κ1) is 19.5. The lowest BCUT2D eigenvalue weighted by Crippen LogP contribution is -2.50. The Hall–Kier alpha value is -2.21. The Morgan fingerprint density at radius 2 is 1.61 bits per heavy atom. The number of anilines is 1. The molecule has 5 nitrogen and oxygen atoms in total. The molecule has 0 bridgehead atoms. The maximum Gasteiger partial charge on any atom is 0.225 e. The number of piperazine rings is 1. The van der Waals surface area contributed by atoms with Crippen molar-refractivity contribution >= 4 is 5.95 Å². The van der Waals surface area contributed by atoms with E-state index in [1.54, 1.807) is 0 Å². The largest absolute Gasteiger partial charge is 0.487 e. The van der Waals surface area contributed by atoms with Gasteiger partial charge in [-0.05, 0) is 48.1 Å². The van der Waals surface area contributed by atoms with Crippen molar-refractivity contribution < 1.29 is 9.13 Å². The monoisotopic (exact) mass is 422 g/mol. The summed E-state index contributed by atoms with van der Waals surface area (Å²) < 4.78 is 19.7. The molecule has 0 amide bonds. The van der Waals surface area contributed by atoms with Crippen LogP contribution in [0.4, 0.5) is 10.3 Å². The smallest absolute Gasteiger partial charge is 0.225 e. The number of halogens is 1. The zero-order chi connectivity index (χ0) is 21.3. The number of aromatic nitrogens is 2. The lowest BCUT2D eigenvalue weighted by molar-refractivity contribution is 0.0728. The lowest BCUT2D eigenvalue weighted by atomic mass is 9.71. The number of fused-ring (bicyclic) bond motifs is 2. The predicted molar refractivity (Wildman–Crippen MR) is 118 cm³/mol. The Morgan fingerprint density at radius 1 is 0.968 bits per heavy atom. The van der Waals surface area contributed by atoms with E-state index in [0.717, 1.165) is 51.2 Å². The average molecular weight is 423 g/mol. The van der Waals surface area contributed by atoms with E-state index in [9.17, 15) is 4.39 Å². The zero-order valence-electron chi connectivity index (χ0n) is 18.5. The molecule has 1 spiro atoms. The van der Waals surface area contributed by atoms with E-state index in [1.807, 2.05) is 0 Å². The summed E-state index contributed by atoms with van der Waals surface area (Å²) in [5.74, 6) is 1.36. The van der Waals surface area contributed by atoms with Gasteiger partial charge in [0, 0.05) is 38.6 Å². The van der Waals surface area contributed by atoms with Gasteiger partial charge < -0.3 is 9.64 Å². The molecule has 0 radical (unpaired) electrons. The van der Waals surface area contributed by atoms with Crippen molar-refractivity contribution in [2.24, 2.45) is 10.8 Å². The van der Waals surface area contributed by atoms with Crippen molar-refractivity contribution in [3.05, 3.63) is 48.0 Å². The molecule has 1 aromatic heterocycles. The van der Waals surface area contributed by atoms with Gasteiger partial charge in [0.05, 0.1) is 12.4 Å². The summed E-state index contributed by atoms with van der Waals surface area (Å²) in [4.78, 5) is 13.2. The summed E-state index contributed by atoms with van der Waals surface area (Å²) in [6.45, 7) is 8.86. The summed E-state index contributed by atoms with van der Waals surface area (Å²) in [6.07, 6.45) is 8.39. The molecule has 2 atom stereocenters. The van der Waals surface area contributed by atoms with Crippen LogP contribution in [0.15, 0.2) is 36.7 Å². The average Bonchev–Trinajstić information content (AvgIpc) is 3.29. The topological polar surface area (TPSA) is 41.5 Å². The first-order chi connectivity index (χ1) is 14.9. The summed E-state index contributed by atoms with van der Waals surface area (Å²) in [7, 11) is 0. The van der Waals surface area contributed by atoms with E-state index >= 15 is 0 Å². The van der Waals surface area contributed by atoms with Crippen molar-refractivity contribution in [3.8, 4) is 5.75 Å². The molecular weight excluding hydrogens is 391 g/mol. The molecule has 1 saturated heterocycles. The molecular formula is C25H31FN4O. The fraction of sp³-hybridized carbons (Fsp3) is 0.600. The van der Waals surface area contributed by atoms with E-state index in [1.165, 1.54) is 30.8 Å². The molecule has 2 saturated carbocycles. The Balaban J connectivity index is 1.12. The van der Waals surface area contributed by atoms with Crippen LogP contribution < -0.4 is 9.64 Å². The van der Waals surface area contributed by atoms with Crippen LogP contribution in [0.25, 0.3) is 0 Å². The normalized spacial score (nSPS) is 37.1. The first-order valence-electron chi connectivity index (χ1n) is 11.6. The van der Waals surface area contributed by atoms with Gasteiger partial charge in [0.1, 0.15) is 11.4 Å². The van der Waals surface area contributed by atoms with Crippen LogP contribution >= 0.6 is 0 Å². The fourth-order valence-electron chi connectivity index (χ4n) is 7.24. The van der Waals surface area contributed by atoms with Crippen LogP contribution in [-0.4, -0.2) is 52.7 Å². The minimum atomic E-state index is -0.381. The predicted octanol–water partition coefficient (Wildman–Crippen LogP) is 4.08. The number of hydrogen-bond acceptors (Lipinski definition) is 5. The number of benzene rings is 1. The standard InChI is InChI=1S/C25H31FN4O/c1-23-12-20(29-7-9-30(10-8-29)22-27-14-19(26)15-28-22)13-24(23,2)17-25(16-23)11-18-5-3-4-6-21(18)31-25/h3-6,14-15,20H,7-13,16-17H2,1-2H3. The van der Waals surface area contributed by atoms with Crippen molar-refractivity contribution in [3.63, 3.8) is 0 Å². The molecule has 3 fully saturated rings. The van der Waals surface area contributed by atoms with Crippen molar-refractivity contribution in [1.29, 1.82) is 0 Å². The van der Waals surface area contributed by atoms with Gasteiger partial charge in [-0.15, -0.1) is 0 Å². The Labute approximate surface area is 183 Å². The highest BCUT2D eigenvalue weighted by molar-refractivity contribution is 5.40. The molecule has 2 unspecified atom stereocenters. The number of para-hydroxylation sites is 1. The first-order valence-corrected chi connectivity index (χ1v) is 11.6. The fourth-order valence-corrected chi connectivity index (χ4v) is 7.24. The molecule has 6 heteroatoms. The molecule has 2 aromatic rings. The number of ether oxygens (including phenoxy) is 1. The molecule has 6 rings (SSSR count). The molecule has 31 heavy (non-hydrogen) atoms. The molecule has 2 aliphatic carbocycles. The Bertz CT molecular complexity index is 942. The van der Waals surface area contributed by atoms with E-state index < -0.39 is 0 Å². The summed E-state index contributed by atoms with van der Waals surface area (Å²) >= 11 is 0. The van der Waals surface area contributed by atoms with Gasteiger partial charge in [0.25, 0.3) is 0 Å². The van der Waals surface area contributed by atoms with Gasteiger partial charge in [-0.1, -0.05) is 32.0 Å². The van der Waals surface area contributed by atoms with E-state index in [2.05, 4.69) is 57.9 Å². The van der Waals surface area contributed by atoms with Crippen molar-refractivity contribution in [2.45, 2.75) is 57.6 Å². The summed E-state index contributed by atoms with van der Waals surface area (Å²) in [5.41, 5.74) is 2.01. The van der Waals surface area contributed by atoms with Crippen LogP contribution in [-0.2, 0) is 6.42 Å². The van der Waals surface area contributed by atoms with E-state index in [-0.39, 0.29) is 11.4 Å². The highest BCUT2D eigenvalue weighted by Gasteiger charge is 2.65. The zero-order valence-corrected chi connectivity index (χ0v) is 18.5. The summed E-state index contributed by atoms with van der Waals surface area (Å²) in [6, 6.07) is 9.22. The van der Waals surface area contributed by atoms with Gasteiger partial charge in [0.2, 0.25) is 5.95 Å². The highest BCUT2D eigenvalue weighted by atomic mass is 19.1. The molecule has 2 aliphatic heterocycles. The minimum Gasteiger partial charge on any atom is -0.487 e. The SMILES string of the molecule is CC12CC(N3CCN(c4ncc(F)cn4)CC3)CC1(C)CC1(Cc3ccccc3O1)C2. The third kappa shape index (κ3) is 3.05. The van der Waals surface area contributed by atoms with Crippen LogP contribution in [0, 0.1) is 16.6 Å². The van der Waals surface area contributed by atoms with E-state index in [4.69, 9.17) is 4.74 Å². The van der Waals surface area contributed by atoms with Crippen molar-refractivity contribution in [1.82, 2.24) is 14.9 Å². The van der Waals surface area contributed by atoms with Gasteiger partial charge in [-0.2, -0.15) is 0 Å². The highest BCUT2D eigenvalue weighted by Crippen LogP contribution is 2.68. The maximum atomic E-state index is 13.1. The molecule has 0 N–H and O–H groups in total. The van der Waals surface area contributed by atoms with Crippen molar-refractivity contribution in [2.75, 3.05) is 31.1 Å². The van der Waals surface area contributed by atoms with Gasteiger partial charge in [-0.3, -0.25) is 4.90 Å². The second-order valence-electron chi connectivity index (χ2n) is 10.8. The Kier molecular flexibility index (Phi) is 4.17. The van der Waals surface area contributed by atoms with Gasteiger partial charge in [0.15, 0.2) is 5.82 Å². The molecule has 1 aromatic carbocycles. The van der Waals surface area contributed by atoms with Gasteiger partial charge >= 0.3 is 0 Å². The number of hydrogen-bond donors (Lipinski definition) is 0. The van der Waals surface area contributed by atoms with Crippen LogP contribution in [0.2, 0.25) is 0 Å². The maximum absolute atomic E-state index is 13.1. The van der Waals surface area contributed by atoms with Crippen LogP contribution in [0.5, 0.6) is 5.75 Å². The van der Waals surface area contributed by atoms with Crippen LogP contribution in [0.3, 0.4) is 0 Å². The molecule has 4 aliphatic rings. The number of rotatable bonds is 2. The molecule has 164 valence electrons. The Morgan fingerprint density at radius 3 is 2.26 bits per heavy atom. The molecule has 3 heterocycles. The van der Waals surface area contributed by atoms with E-state index in [0.29, 0.717) is 22.8 Å². The minimum absolute atomic E-state index is 0.00320. The van der Waals surface area contributed by atoms with Gasteiger partial charge in [-0.25, -0.2) is 14.4 Å². The van der Waals surface area contributed by atoms with Crippen LogP contribution in [0.1, 0.15) is 45.1 Å². The third-order valence-electron chi connectivity index (χ3n) is 8.79.